The Kier molecular flexibility index (Phi) is 5.18. The van der Waals surface area contributed by atoms with Gasteiger partial charge in [-0.2, -0.15) is 0 Å². The van der Waals surface area contributed by atoms with E-state index in [1.54, 1.807) is 12.1 Å². The maximum absolute atomic E-state index is 12.4. The molecule has 1 fully saturated rings. The van der Waals surface area contributed by atoms with Gasteiger partial charge in [0.05, 0.1) is 4.90 Å². The first-order valence-electron chi connectivity index (χ1n) is 7.25. The summed E-state index contributed by atoms with van der Waals surface area (Å²) in [6, 6.07) is 7.16. The minimum atomic E-state index is -3.41. The molecule has 2 atom stereocenters. The normalized spacial score (nSPS) is 23.1. The molecule has 112 valence electrons. The van der Waals surface area contributed by atoms with Crippen LogP contribution < -0.4 is 10.0 Å². The average Bonchev–Trinajstić information content (AvgIpc) is 2.83. The Balaban J connectivity index is 2.06. The van der Waals surface area contributed by atoms with Crippen molar-refractivity contribution in [2.75, 3.05) is 13.6 Å². The molecule has 2 unspecified atom stereocenters. The van der Waals surface area contributed by atoms with Crippen molar-refractivity contribution in [3.63, 3.8) is 0 Å². The molecule has 0 radical (unpaired) electrons. The van der Waals surface area contributed by atoms with Crippen LogP contribution in [0.3, 0.4) is 0 Å². The fourth-order valence-corrected chi connectivity index (χ4v) is 4.27. The molecule has 1 aliphatic rings. The third kappa shape index (κ3) is 3.81. The van der Waals surface area contributed by atoms with Crippen LogP contribution in [0, 0.1) is 11.8 Å². The maximum atomic E-state index is 12.4. The minimum absolute atomic E-state index is 0.389. The number of hydrogen-bond donors (Lipinski definition) is 2. The van der Waals surface area contributed by atoms with Gasteiger partial charge in [-0.15, -0.1) is 0 Å². The highest BCUT2D eigenvalue weighted by atomic mass is 32.2. The van der Waals surface area contributed by atoms with Gasteiger partial charge in [0.15, 0.2) is 0 Å². The Labute approximate surface area is 122 Å². The molecule has 20 heavy (non-hydrogen) atoms. The molecule has 0 aromatic heterocycles. The van der Waals surface area contributed by atoms with E-state index >= 15 is 0 Å². The first kappa shape index (κ1) is 15.5. The van der Waals surface area contributed by atoms with Crippen molar-refractivity contribution in [2.24, 2.45) is 11.8 Å². The Morgan fingerprint density at radius 3 is 2.65 bits per heavy atom. The second-order valence-corrected chi connectivity index (χ2v) is 7.51. The highest BCUT2D eigenvalue weighted by molar-refractivity contribution is 7.89. The molecule has 1 aliphatic carbocycles. The smallest absolute Gasteiger partial charge is 0.240 e. The van der Waals surface area contributed by atoms with Crippen molar-refractivity contribution in [1.82, 2.24) is 10.0 Å². The molecular formula is C15H24N2O2S. The molecular weight excluding hydrogens is 272 g/mol. The van der Waals surface area contributed by atoms with E-state index in [9.17, 15) is 8.42 Å². The third-order valence-electron chi connectivity index (χ3n) is 3.99. The lowest BCUT2D eigenvalue weighted by Gasteiger charge is -2.14. The predicted molar refractivity (Wildman–Crippen MR) is 80.9 cm³/mol. The zero-order chi connectivity index (χ0) is 14.6. The van der Waals surface area contributed by atoms with E-state index in [-0.39, 0.29) is 0 Å². The Morgan fingerprint density at radius 2 is 2.00 bits per heavy atom. The van der Waals surface area contributed by atoms with E-state index in [0.29, 0.717) is 23.9 Å². The summed E-state index contributed by atoms with van der Waals surface area (Å²) >= 11 is 0. The molecule has 0 heterocycles. The van der Waals surface area contributed by atoms with E-state index < -0.39 is 10.0 Å². The molecule has 1 saturated carbocycles. The van der Waals surface area contributed by atoms with E-state index in [2.05, 4.69) is 17.0 Å². The van der Waals surface area contributed by atoms with Crippen LogP contribution in [0.2, 0.25) is 0 Å². The highest BCUT2D eigenvalue weighted by Crippen LogP contribution is 2.30. The fraction of sp³-hybridized carbons (Fsp3) is 0.600. The fourth-order valence-electron chi connectivity index (χ4n) is 2.92. The van der Waals surface area contributed by atoms with Crippen LogP contribution in [-0.4, -0.2) is 22.0 Å². The number of rotatable bonds is 6. The second kappa shape index (κ2) is 6.70. The Bertz CT molecular complexity index is 543. The summed E-state index contributed by atoms with van der Waals surface area (Å²) in [5.41, 5.74) is 0.808. The van der Waals surface area contributed by atoms with Crippen LogP contribution in [0.1, 0.15) is 31.7 Å². The second-order valence-electron chi connectivity index (χ2n) is 5.77. The maximum Gasteiger partial charge on any atom is 0.240 e. The minimum Gasteiger partial charge on any atom is -0.316 e. The summed E-state index contributed by atoms with van der Waals surface area (Å²) in [6.07, 6.45) is 3.46. The zero-order valence-corrected chi connectivity index (χ0v) is 13.0. The zero-order valence-electron chi connectivity index (χ0n) is 12.2. The van der Waals surface area contributed by atoms with Crippen LogP contribution in [0.4, 0.5) is 0 Å². The molecule has 1 aromatic rings. The summed E-state index contributed by atoms with van der Waals surface area (Å²) in [7, 11) is -1.59. The Morgan fingerprint density at radius 1 is 1.25 bits per heavy atom. The average molecular weight is 296 g/mol. The molecule has 2 N–H and O–H groups in total. The lowest BCUT2D eigenvalue weighted by molar-refractivity contribution is 0.498. The van der Waals surface area contributed by atoms with Gasteiger partial charge in [0.25, 0.3) is 0 Å². The lowest BCUT2D eigenvalue weighted by Crippen LogP contribution is -2.29. The van der Waals surface area contributed by atoms with E-state index in [1.807, 2.05) is 19.2 Å². The van der Waals surface area contributed by atoms with Crippen LogP contribution in [0.25, 0.3) is 0 Å². The Hall–Kier alpha value is -0.910. The van der Waals surface area contributed by atoms with Gasteiger partial charge in [-0.3, -0.25) is 0 Å². The monoisotopic (exact) mass is 296 g/mol. The molecule has 0 aliphatic heterocycles. The SMILES string of the molecule is CNCc1ccccc1S(=O)(=O)NCC1CCC(C)C1. The lowest BCUT2D eigenvalue weighted by atomic mass is 10.1. The van der Waals surface area contributed by atoms with Crippen LogP contribution in [0.15, 0.2) is 29.2 Å². The van der Waals surface area contributed by atoms with Gasteiger partial charge >= 0.3 is 0 Å². The quantitative estimate of drug-likeness (QED) is 0.845. The molecule has 0 saturated heterocycles. The van der Waals surface area contributed by atoms with Gasteiger partial charge < -0.3 is 5.32 Å². The largest absolute Gasteiger partial charge is 0.316 e. The first-order valence-corrected chi connectivity index (χ1v) is 8.73. The number of hydrogen-bond acceptors (Lipinski definition) is 3. The van der Waals surface area contributed by atoms with Crippen LogP contribution in [0.5, 0.6) is 0 Å². The highest BCUT2D eigenvalue weighted by Gasteiger charge is 2.24. The number of sulfonamides is 1. The molecule has 1 aromatic carbocycles. The van der Waals surface area contributed by atoms with Crippen molar-refractivity contribution >= 4 is 10.0 Å². The summed E-state index contributed by atoms with van der Waals surface area (Å²) in [4.78, 5) is 0.389. The predicted octanol–water partition coefficient (Wildman–Crippen LogP) is 2.12. The topological polar surface area (TPSA) is 58.2 Å². The van der Waals surface area contributed by atoms with Gasteiger partial charge in [0.1, 0.15) is 0 Å². The molecule has 0 bridgehead atoms. The first-order chi connectivity index (χ1) is 9.53. The molecule has 0 amide bonds. The van der Waals surface area contributed by atoms with Crippen molar-refractivity contribution < 1.29 is 8.42 Å². The van der Waals surface area contributed by atoms with Crippen molar-refractivity contribution in [1.29, 1.82) is 0 Å². The van der Waals surface area contributed by atoms with E-state index in [4.69, 9.17) is 0 Å². The van der Waals surface area contributed by atoms with Crippen molar-refractivity contribution in [2.45, 2.75) is 37.6 Å². The number of benzene rings is 1. The van der Waals surface area contributed by atoms with Gasteiger partial charge in [-0.1, -0.05) is 31.5 Å². The van der Waals surface area contributed by atoms with Crippen LogP contribution >= 0.6 is 0 Å². The summed E-state index contributed by atoms with van der Waals surface area (Å²) in [5.74, 6) is 1.21. The molecule has 0 spiro atoms. The third-order valence-corrected chi connectivity index (χ3v) is 5.52. The summed E-state index contributed by atoms with van der Waals surface area (Å²) in [5, 5.41) is 3.01. The molecule has 2 rings (SSSR count). The van der Waals surface area contributed by atoms with Gasteiger partial charge in [-0.05, 0) is 43.4 Å². The van der Waals surface area contributed by atoms with Gasteiger partial charge in [-0.25, -0.2) is 13.1 Å². The van der Waals surface area contributed by atoms with E-state index in [1.165, 1.54) is 6.42 Å². The van der Waals surface area contributed by atoms with Gasteiger partial charge in [0.2, 0.25) is 10.0 Å². The molecule has 5 heteroatoms. The summed E-state index contributed by atoms with van der Waals surface area (Å²) in [6.45, 7) is 3.34. The number of nitrogens with one attached hydrogen (secondary N) is 2. The molecule has 4 nitrogen and oxygen atoms in total. The van der Waals surface area contributed by atoms with Gasteiger partial charge in [0, 0.05) is 13.1 Å². The standard InChI is InChI=1S/C15H24N2O2S/c1-12-7-8-13(9-12)10-17-20(18,19)15-6-4-3-5-14(15)11-16-2/h3-6,12-13,16-17H,7-11H2,1-2H3. The van der Waals surface area contributed by atoms with Crippen molar-refractivity contribution in [3.05, 3.63) is 29.8 Å². The summed E-state index contributed by atoms with van der Waals surface area (Å²) < 4.78 is 27.6. The van der Waals surface area contributed by atoms with E-state index in [0.717, 1.165) is 24.3 Å². The van der Waals surface area contributed by atoms with Crippen molar-refractivity contribution in [3.8, 4) is 0 Å². The van der Waals surface area contributed by atoms with Crippen LogP contribution in [-0.2, 0) is 16.6 Å².